The second kappa shape index (κ2) is 4.33. The van der Waals surface area contributed by atoms with Crippen molar-refractivity contribution in [3.05, 3.63) is 34.1 Å². The normalized spacial score (nSPS) is 12.6. The van der Waals surface area contributed by atoms with Crippen molar-refractivity contribution in [1.82, 2.24) is 0 Å². The van der Waals surface area contributed by atoms with Gasteiger partial charge in [-0.1, -0.05) is 28.1 Å². The van der Waals surface area contributed by atoms with E-state index < -0.39 is 4.83 Å². The molecule has 0 saturated heterocycles. The molecule has 70 valence electrons. The van der Waals surface area contributed by atoms with Crippen molar-refractivity contribution in [2.24, 2.45) is 0 Å². The smallest absolute Gasteiger partial charge is 0.147 e. The highest BCUT2D eigenvalue weighted by atomic mass is 79.9. The van der Waals surface area contributed by atoms with E-state index in [2.05, 4.69) is 31.9 Å². The Labute approximate surface area is 92.6 Å². The van der Waals surface area contributed by atoms with Crippen LogP contribution in [0.1, 0.15) is 17.3 Å². The number of carbonyl (C=O) groups is 1. The monoisotopic (exact) mass is 308 g/mol. The van der Waals surface area contributed by atoms with Crippen molar-refractivity contribution >= 4 is 37.6 Å². The third kappa shape index (κ3) is 2.38. The molecule has 4 heteroatoms. The Balaban J connectivity index is 3.15. The van der Waals surface area contributed by atoms with Gasteiger partial charge in [-0.05, 0) is 34.5 Å². The minimum Gasteiger partial charge on any atom is -0.298 e. The van der Waals surface area contributed by atoms with E-state index in [1.54, 1.807) is 12.1 Å². The molecular formula is C9H7Br2FO. The molecule has 1 rings (SSSR count). The number of hydrogen-bond donors (Lipinski definition) is 0. The first-order valence-electron chi connectivity index (χ1n) is 3.62. The third-order valence-electron chi connectivity index (χ3n) is 1.61. The van der Waals surface area contributed by atoms with Crippen LogP contribution in [-0.2, 0) is 4.79 Å². The van der Waals surface area contributed by atoms with Crippen molar-refractivity contribution in [1.29, 1.82) is 0 Å². The fourth-order valence-corrected chi connectivity index (χ4v) is 2.12. The molecule has 1 atom stereocenters. The van der Waals surface area contributed by atoms with Crippen molar-refractivity contribution in [3.63, 3.8) is 0 Å². The van der Waals surface area contributed by atoms with Gasteiger partial charge < -0.3 is 0 Å². The Morgan fingerprint density at radius 1 is 1.54 bits per heavy atom. The van der Waals surface area contributed by atoms with E-state index in [1.165, 1.54) is 13.0 Å². The number of halogens is 3. The maximum Gasteiger partial charge on any atom is 0.147 e. The number of Topliss-reactive ketones (excluding diaryl/α,β-unsaturated/α-hetero) is 1. The van der Waals surface area contributed by atoms with Crippen LogP contribution < -0.4 is 0 Å². The van der Waals surface area contributed by atoms with Crippen LogP contribution in [0.15, 0.2) is 22.7 Å². The second-order valence-corrected chi connectivity index (χ2v) is 4.32. The van der Waals surface area contributed by atoms with Crippen LogP contribution in [0.2, 0.25) is 0 Å². The van der Waals surface area contributed by atoms with Crippen molar-refractivity contribution in [3.8, 4) is 0 Å². The highest BCUT2D eigenvalue weighted by molar-refractivity contribution is 9.11. The number of hydrogen-bond acceptors (Lipinski definition) is 1. The quantitative estimate of drug-likeness (QED) is 0.763. The molecule has 0 radical (unpaired) electrons. The number of rotatable bonds is 2. The predicted octanol–water partition coefficient (Wildman–Crippen LogP) is 3.61. The fourth-order valence-electron chi connectivity index (χ4n) is 0.935. The number of alkyl halides is 1. The molecule has 0 aliphatic rings. The van der Waals surface area contributed by atoms with E-state index in [9.17, 15) is 9.18 Å². The molecule has 0 fully saturated rings. The molecule has 1 nitrogen and oxygen atoms in total. The predicted molar refractivity (Wildman–Crippen MR) is 56.4 cm³/mol. The number of benzene rings is 1. The van der Waals surface area contributed by atoms with Crippen LogP contribution in [0.25, 0.3) is 0 Å². The van der Waals surface area contributed by atoms with Gasteiger partial charge in [-0.25, -0.2) is 4.39 Å². The summed E-state index contributed by atoms with van der Waals surface area (Å²) in [6.45, 7) is 1.46. The van der Waals surface area contributed by atoms with E-state index in [0.717, 1.165) is 0 Å². The minimum atomic E-state index is -0.447. The fraction of sp³-hybridized carbons (Fsp3) is 0.222. The summed E-state index contributed by atoms with van der Waals surface area (Å²) in [5.74, 6) is -0.408. The standard InChI is InChI=1S/C9H7Br2FO/c1-5(13)8(10)6-3-2-4-7(12)9(6)11/h2-4,8H,1H3. The van der Waals surface area contributed by atoms with Gasteiger partial charge in [-0.15, -0.1) is 0 Å². The van der Waals surface area contributed by atoms with Crippen molar-refractivity contribution in [2.75, 3.05) is 0 Å². The van der Waals surface area contributed by atoms with Crippen molar-refractivity contribution in [2.45, 2.75) is 11.8 Å². The summed E-state index contributed by atoms with van der Waals surface area (Å²) in [6.07, 6.45) is 0. The molecule has 1 aromatic rings. The molecular weight excluding hydrogens is 303 g/mol. The Bertz CT molecular complexity index is 338. The maximum atomic E-state index is 13.0. The van der Waals surface area contributed by atoms with Crippen LogP contribution in [-0.4, -0.2) is 5.78 Å². The van der Waals surface area contributed by atoms with Gasteiger partial charge >= 0.3 is 0 Å². The van der Waals surface area contributed by atoms with Gasteiger partial charge in [0.15, 0.2) is 0 Å². The van der Waals surface area contributed by atoms with E-state index >= 15 is 0 Å². The summed E-state index contributed by atoms with van der Waals surface area (Å²) < 4.78 is 13.4. The van der Waals surface area contributed by atoms with Gasteiger partial charge in [-0.2, -0.15) is 0 Å². The molecule has 1 unspecified atom stereocenters. The maximum absolute atomic E-state index is 13.0. The molecule has 0 amide bonds. The first-order chi connectivity index (χ1) is 6.04. The first kappa shape index (κ1) is 10.9. The lowest BCUT2D eigenvalue weighted by Crippen LogP contribution is -2.02. The molecule has 0 spiro atoms. The molecule has 0 aliphatic heterocycles. The minimum absolute atomic E-state index is 0.0497. The molecule has 0 N–H and O–H groups in total. The lowest BCUT2D eigenvalue weighted by atomic mass is 10.1. The van der Waals surface area contributed by atoms with Crippen LogP contribution in [0.5, 0.6) is 0 Å². The summed E-state index contributed by atoms with van der Waals surface area (Å²) >= 11 is 6.28. The van der Waals surface area contributed by atoms with Gasteiger partial charge in [0, 0.05) is 0 Å². The third-order valence-corrected chi connectivity index (χ3v) is 3.59. The summed E-state index contributed by atoms with van der Waals surface area (Å²) in [5, 5.41) is 0. The van der Waals surface area contributed by atoms with Crippen LogP contribution in [0.4, 0.5) is 4.39 Å². The van der Waals surface area contributed by atoms with E-state index in [0.29, 0.717) is 10.0 Å². The Kier molecular flexibility index (Phi) is 3.62. The van der Waals surface area contributed by atoms with Gasteiger partial charge in [0.1, 0.15) is 11.6 Å². The summed E-state index contributed by atoms with van der Waals surface area (Å²) in [6, 6.07) is 4.62. The highest BCUT2D eigenvalue weighted by Crippen LogP contribution is 2.31. The topological polar surface area (TPSA) is 17.1 Å². The highest BCUT2D eigenvalue weighted by Gasteiger charge is 2.17. The molecule has 0 aliphatic carbocycles. The molecule has 13 heavy (non-hydrogen) atoms. The van der Waals surface area contributed by atoms with Crippen molar-refractivity contribution < 1.29 is 9.18 Å². The summed E-state index contributed by atoms with van der Waals surface area (Å²) in [7, 11) is 0. The molecule has 0 bridgehead atoms. The average Bonchev–Trinajstić information content (AvgIpc) is 2.08. The van der Waals surface area contributed by atoms with Crippen LogP contribution >= 0.6 is 31.9 Å². The zero-order valence-electron chi connectivity index (χ0n) is 6.85. The molecule has 0 saturated carbocycles. The zero-order chi connectivity index (χ0) is 10.0. The second-order valence-electron chi connectivity index (χ2n) is 2.62. The van der Waals surface area contributed by atoms with Gasteiger partial charge in [0.05, 0.1) is 9.30 Å². The van der Waals surface area contributed by atoms with Gasteiger partial charge in [0.2, 0.25) is 0 Å². The summed E-state index contributed by atoms with van der Waals surface area (Å²) in [5.41, 5.74) is 0.618. The summed E-state index contributed by atoms with van der Waals surface area (Å²) in [4.78, 5) is 10.6. The molecule has 1 aromatic carbocycles. The lowest BCUT2D eigenvalue weighted by molar-refractivity contribution is -0.116. The molecule has 0 aromatic heterocycles. The lowest BCUT2D eigenvalue weighted by Gasteiger charge is -2.08. The van der Waals surface area contributed by atoms with Crippen LogP contribution in [0, 0.1) is 5.82 Å². The first-order valence-corrected chi connectivity index (χ1v) is 5.33. The Hall–Kier alpha value is -0.220. The van der Waals surface area contributed by atoms with E-state index in [4.69, 9.17) is 0 Å². The van der Waals surface area contributed by atoms with Gasteiger partial charge in [-0.3, -0.25) is 4.79 Å². The zero-order valence-corrected chi connectivity index (χ0v) is 10.0. The SMILES string of the molecule is CC(=O)C(Br)c1cccc(F)c1Br. The Morgan fingerprint density at radius 2 is 2.15 bits per heavy atom. The van der Waals surface area contributed by atoms with E-state index in [-0.39, 0.29) is 11.6 Å². The number of ketones is 1. The van der Waals surface area contributed by atoms with Gasteiger partial charge in [0.25, 0.3) is 0 Å². The largest absolute Gasteiger partial charge is 0.298 e. The Morgan fingerprint density at radius 3 is 2.69 bits per heavy atom. The number of carbonyl (C=O) groups excluding carboxylic acids is 1. The van der Waals surface area contributed by atoms with Crippen LogP contribution in [0.3, 0.4) is 0 Å². The average molecular weight is 310 g/mol. The molecule has 0 heterocycles. The van der Waals surface area contributed by atoms with E-state index in [1.807, 2.05) is 0 Å².